The average Bonchev–Trinajstić information content (AvgIpc) is 2.73. The predicted octanol–water partition coefficient (Wildman–Crippen LogP) is 4.02. The molecule has 166 valence electrons. The van der Waals surface area contributed by atoms with Gasteiger partial charge in [0.15, 0.2) is 6.61 Å². The molecule has 12 heteroatoms. The highest BCUT2D eigenvalue weighted by molar-refractivity contribution is 9.10. The predicted molar refractivity (Wildman–Crippen MR) is 122 cm³/mol. The van der Waals surface area contributed by atoms with E-state index >= 15 is 0 Å². The highest BCUT2D eigenvalue weighted by atomic mass is 79.9. The molecule has 0 atom stereocenters. The van der Waals surface area contributed by atoms with Gasteiger partial charge in [-0.3, -0.25) is 14.9 Å². The second-order valence-electron chi connectivity index (χ2n) is 6.59. The van der Waals surface area contributed by atoms with Gasteiger partial charge in [-0.15, -0.1) is 0 Å². The summed E-state index contributed by atoms with van der Waals surface area (Å²) in [6, 6.07) is 7.61. The van der Waals surface area contributed by atoms with Gasteiger partial charge < -0.3 is 9.84 Å². The first-order valence-electron chi connectivity index (χ1n) is 9.29. The van der Waals surface area contributed by atoms with Crippen LogP contribution in [-0.2, 0) is 11.2 Å². The van der Waals surface area contributed by atoms with Crippen LogP contribution in [0.5, 0.6) is 5.75 Å². The largest absolute Gasteiger partial charge is 0.479 e. The summed E-state index contributed by atoms with van der Waals surface area (Å²) in [6.45, 7) is 1.15. The van der Waals surface area contributed by atoms with Crippen molar-refractivity contribution in [2.45, 2.75) is 19.8 Å². The summed E-state index contributed by atoms with van der Waals surface area (Å²) in [5.74, 6) is -1.23. The molecule has 10 nitrogen and oxygen atoms in total. The highest BCUT2D eigenvalue weighted by Gasteiger charge is 2.21. The van der Waals surface area contributed by atoms with Crippen molar-refractivity contribution in [1.82, 2.24) is 9.66 Å². The third-order valence-corrected chi connectivity index (χ3v) is 5.03. The molecule has 3 rings (SSSR count). The van der Waals surface area contributed by atoms with E-state index in [0.717, 1.165) is 17.2 Å². The second kappa shape index (κ2) is 9.88. The van der Waals surface area contributed by atoms with Crippen molar-refractivity contribution in [3.05, 3.63) is 71.7 Å². The molecule has 0 aliphatic carbocycles. The minimum Gasteiger partial charge on any atom is -0.479 e. The van der Waals surface area contributed by atoms with E-state index in [1.165, 1.54) is 12.3 Å². The summed E-state index contributed by atoms with van der Waals surface area (Å²) in [5.41, 5.74) is -0.167. The van der Waals surface area contributed by atoms with E-state index in [2.05, 4.69) is 26.0 Å². The van der Waals surface area contributed by atoms with Gasteiger partial charge >= 0.3 is 11.7 Å². The molecule has 0 aliphatic heterocycles. The Bertz CT molecular complexity index is 1310. The number of nitro benzene ring substituents is 1. The minimum atomic E-state index is -1.31. The van der Waals surface area contributed by atoms with E-state index < -0.39 is 28.7 Å². The fraction of sp³-hybridized carbons (Fsp3) is 0.200. The smallest absolute Gasteiger partial charge is 0.341 e. The lowest BCUT2D eigenvalue weighted by Crippen LogP contribution is -2.22. The van der Waals surface area contributed by atoms with Crippen LogP contribution < -0.4 is 10.3 Å². The normalized spacial score (nSPS) is 11.2. The van der Waals surface area contributed by atoms with Gasteiger partial charge in [0.25, 0.3) is 5.56 Å². The number of aliphatic carboxylic acids is 1. The van der Waals surface area contributed by atoms with Crippen LogP contribution in [0, 0.1) is 10.1 Å². The van der Waals surface area contributed by atoms with E-state index in [1.807, 2.05) is 6.92 Å². The van der Waals surface area contributed by atoms with Crippen LogP contribution in [-0.4, -0.2) is 38.5 Å². The van der Waals surface area contributed by atoms with Crippen LogP contribution in [0.4, 0.5) is 5.69 Å². The summed E-state index contributed by atoms with van der Waals surface area (Å²) in [7, 11) is 0. The average molecular weight is 524 g/mol. The molecule has 0 radical (unpaired) electrons. The van der Waals surface area contributed by atoms with Gasteiger partial charge in [-0.2, -0.15) is 9.78 Å². The molecule has 0 saturated carbocycles. The van der Waals surface area contributed by atoms with Crippen LogP contribution >= 0.6 is 27.5 Å². The Morgan fingerprint density at radius 2 is 2.16 bits per heavy atom. The number of aryl methyl sites for hydroxylation is 1. The zero-order chi connectivity index (χ0) is 23.4. The molecule has 0 aliphatic rings. The first-order chi connectivity index (χ1) is 15.2. The molecular weight excluding hydrogens is 508 g/mol. The van der Waals surface area contributed by atoms with Crippen LogP contribution in [0.15, 0.2) is 44.7 Å². The Balaban J connectivity index is 2.09. The van der Waals surface area contributed by atoms with Gasteiger partial charge in [-0.1, -0.05) is 34.5 Å². The number of carbonyl (C=O) groups is 1. The standard InChI is InChI=1S/C20H16BrClN4O6/c1-2-3-17-24-15-5-4-12(21)8-13(15)20(29)25(17)23-9-11-6-14(22)19(32-10-18(27)28)16(7-11)26(30)31/h4-9H,2-3,10H2,1H3,(H,27,28). The van der Waals surface area contributed by atoms with E-state index in [0.29, 0.717) is 27.6 Å². The molecule has 0 unspecified atom stereocenters. The molecular formula is C20H16BrClN4O6. The van der Waals surface area contributed by atoms with Crippen molar-refractivity contribution in [3.8, 4) is 5.75 Å². The fourth-order valence-electron chi connectivity index (χ4n) is 2.91. The zero-order valence-corrected chi connectivity index (χ0v) is 19.0. The SMILES string of the molecule is CCCc1nc2ccc(Br)cc2c(=O)n1N=Cc1cc(Cl)c(OCC(=O)O)c([N+](=O)[O-])c1. The lowest BCUT2D eigenvalue weighted by Gasteiger charge is -2.09. The number of fused-ring (bicyclic) bond motifs is 1. The van der Waals surface area contributed by atoms with Crippen molar-refractivity contribution >= 4 is 56.3 Å². The molecule has 1 aromatic heterocycles. The summed E-state index contributed by atoms with van der Waals surface area (Å²) < 4.78 is 6.81. The molecule has 2 aromatic carbocycles. The monoisotopic (exact) mass is 522 g/mol. The Hall–Kier alpha value is -3.31. The van der Waals surface area contributed by atoms with Crippen LogP contribution in [0.25, 0.3) is 10.9 Å². The lowest BCUT2D eigenvalue weighted by molar-refractivity contribution is -0.385. The number of halogens is 2. The number of carboxylic acids is 1. The van der Waals surface area contributed by atoms with Crippen LogP contribution in [0.3, 0.4) is 0 Å². The molecule has 32 heavy (non-hydrogen) atoms. The fourth-order valence-corrected chi connectivity index (χ4v) is 3.55. The number of hydrogen-bond acceptors (Lipinski definition) is 7. The van der Waals surface area contributed by atoms with Gasteiger partial charge in [0.1, 0.15) is 5.82 Å². The minimum absolute atomic E-state index is 0.163. The van der Waals surface area contributed by atoms with Crippen molar-refractivity contribution < 1.29 is 19.6 Å². The van der Waals surface area contributed by atoms with Crippen molar-refractivity contribution in [1.29, 1.82) is 0 Å². The third-order valence-electron chi connectivity index (χ3n) is 4.25. The lowest BCUT2D eigenvalue weighted by atomic mass is 10.2. The zero-order valence-electron chi connectivity index (χ0n) is 16.6. The van der Waals surface area contributed by atoms with Gasteiger partial charge in [0.05, 0.1) is 27.1 Å². The van der Waals surface area contributed by atoms with Crippen molar-refractivity contribution in [2.24, 2.45) is 5.10 Å². The van der Waals surface area contributed by atoms with E-state index in [9.17, 15) is 19.7 Å². The molecule has 3 aromatic rings. The van der Waals surface area contributed by atoms with Crippen molar-refractivity contribution in [3.63, 3.8) is 0 Å². The van der Waals surface area contributed by atoms with E-state index in [-0.39, 0.29) is 16.3 Å². The maximum absolute atomic E-state index is 13.0. The van der Waals surface area contributed by atoms with Gasteiger partial charge in [0.2, 0.25) is 5.75 Å². The Labute approximate surface area is 194 Å². The van der Waals surface area contributed by atoms with Gasteiger partial charge in [-0.05, 0) is 30.7 Å². The van der Waals surface area contributed by atoms with Gasteiger partial charge in [0, 0.05) is 22.5 Å². The van der Waals surface area contributed by atoms with Crippen molar-refractivity contribution in [2.75, 3.05) is 6.61 Å². The molecule has 0 bridgehead atoms. The Morgan fingerprint density at radius 1 is 1.41 bits per heavy atom. The number of nitro groups is 1. The maximum atomic E-state index is 13.0. The van der Waals surface area contributed by atoms with Crippen LogP contribution in [0.2, 0.25) is 5.02 Å². The number of ether oxygens (including phenoxy) is 1. The summed E-state index contributed by atoms with van der Waals surface area (Å²) in [5, 5.41) is 24.6. The quantitative estimate of drug-likeness (QED) is 0.267. The Morgan fingerprint density at radius 3 is 2.81 bits per heavy atom. The molecule has 1 N–H and O–H groups in total. The molecule has 0 amide bonds. The second-order valence-corrected chi connectivity index (χ2v) is 7.91. The number of nitrogens with zero attached hydrogens (tertiary/aromatic N) is 4. The first-order valence-corrected chi connectivity index (χ1v) is 10.5. The van der Waals surface area contributed by atoms with Crippen LogP contribution in [0.1, 0.15) is 24.7 Å². The first kappa shape index (κ1) is 23.4. The number of aromatic nitrogens is 2. The summed E-state index contributed by atoms with van der Waals surface area (Å²) >= 11 is 9.41. The number of hydrogen-bond donors (Lipinski definition) is 1. The third kappa shape index (κ3) is 5.11. The number of benzene rings is 2. The molecule has 0 spiro atoms. The molecule has 1 heterocycles. The highest BCUT2D eigenvalue weighted by Crippen LogP contribution is 2.35. The maximum Gasteiger partial charge on any atom is 0.341 e. The van der Waals surface area contributed by atoms with Gasteiger partial charge in [-0.25, -0.2) is 9.78 Å². The Kier molecular flexibility index (Phi) is 7.21. The topological polar surface area (TPSA) is 137 Å². The summed E-state index contributed by atoms with van der Waals surface area (Å²) in [6.07, 6.45) is 2.45. The molecule has 0 saturated heterocycles. The van der Waals surface area contributed by atoms with E-state index in [4.69, 9.17) is 21.4 Å². The molecule has 0 fully saturated rings. The number of carboxylic acid groups (broad SMARTS) is 1. The van der Waals surface area contributed by atoms with E-state index in [1.54, 1.807) is 18.2 Å². The number of rotatable bonds is 8. The summed E-state index contributed by atoms with van der Waals surface area (Å²) in [4.78, 5) is 38.9.